The summed E-state index contributed by atoms with van der Waals surface area (Å²) in [4.78, 5) is 14.0. The van der Waals surface area contributed by atoms with Crippen molar-refractivity contribution >= 4 is 5.91 Å². The monoisotopic (exact) mass is 193 g/mol. The molecule has 0 bridgehead atoms. The van der Waals surface area contributed by atoms with Crippen molar-refractivity contribution < 1.29 is 4.79 Å². The largest absolute Gasteiger partial charge is 0.333 e. The number of hydrogen-bond donors (Lipinski definition) is 0. The second kappa shape index (κ2) is 3.76. The molecule has 0 atom stereocenters. The van der Waals surface area contributed by atoms with Crippen LogP contribution in [0, 0.1) is 0 Å². The lowest BCUT2D eigenvalue weighted by Gasteiger charge is -2.49. The lowest BCUT2D eigenvalue weighted by Crippen LogP contribution is -2.55. The van der Waals surface area contributed by atoms with Gasteiger partial charge >= 0.3 is 0 Å². The van der Waals surface area contributed by atoms with Crippen molar-refractivity contribution in [1.82, 2.24) is 4.90 Å². The Bertz CT molecular complexity index is 243. The molecule has 14 heavy (non-hydrogen) atoms. The molecule has 2 fully saturated rings. The molecule has 1 saturated heterocycles. The van der Waals surface area contributed by atoms with Crippen LogP contribution < -0.4 is 0 Å². The minimum absolute atomic E-state index is 0.238. The fourth-order valence-electron chi connectivity index (χ4n) is 2.79. The van der Waals surface area contributed by atoms with Crippen LogP contribution in [0.15, 0.2) is 12.7 Å². The number of carbonyl (C=O) groups excluding carboxylic acids is 1. The molecule has 0 N–H and O–H groups in total. The van der Waals surface area contributed by atoms with Crippen molar-refractivity contribution in [1.29, 1.82) is 0 Å². The third-order valence-corrected chi connectivity index (χ3v) is 3.75. The summed E-state index contributed by atoms with van der Waals surface area (Å²) in [6, 6.07) is 0. The minimum Gasteiger partial charge on any atom is -0.333 e. The number of carbonyl (C=O) groups is 1. The second-order valence-corrected chi connectivity index (χ2v) is 4.58. The molecule has 1 heterocycles. The van der Waals surface area contributed by atoms with Crippen LogP contribution in [0.4, 0.5) is 0 Å². The zero-order chi connectivity index (χ0) is 10.0. The Morgan fingerprint density at radius 1 is 1.29 bits per heavy atom. The summed E-state index contributed by atoms with van der Waals surface area (Å²) >= 11 is 0. The molecule has 1 amide bonds. The Labute approximate surface area is 86.0 Å². The topological polar surface area (TPSA) is 20.3 Å². The summed E-state index contributed by atoms with van der Waals surface area (Å²) in [5.74, 6) is 0.349. The van der Waals surface area contributed by atoms with Gasteiger partial charge in [0.25, 0.3) is 0 Å². The molecule has 1 aliphatic carbocycles. The van der Waals surface area contributed by atoms with Crippen LogP contribution in [0.2, 0.25) is 0 Å². The Kier molecular flexibility index (Phi) is 2.62. The Balaban J connectivity index is 2.17. The standard InChI is InChI=1S/C12H19NO/c1-2-10-13-11(14)6-3-4-7-12(13)8-5-9-12/h2H,1,3-10H2. The molecule has 2 rings (SSSR count). The van der Waals surface area contributed by atoms with Crippen LogP contribution in [0.5, 0.6) is 0 Å². The smallest absolute Gasteiger partial charge is 0.223 e. The van der Waals surface area contributed by atoms with Gasteiger partial charge in [-0.15, -0.1) is 6.58 Å². The average molecular weight is 193 g/mol. The zero-order valence-electron chi connectivity index (χ0n) is 8.80. The molecule has 1 aliphatic heterocycles. The van der Waals surface area contributed by atoms with Crippen molar-refractivity contribution in [2.24, 2.45) is 0 Å². The molecular weight excluding hydrogens is 174 g/mol. The van der Waals surface area contributed by atoms with E-state index in [0.29, 0.717) is 5.91 Å². The van der Waals surface area contributed by atoms with Crippen LogP contribution in [-0.4, -0.2) is 22.9 Å². The first-order valence-electron chi connectivity index (χ1n) is 5.70. The van der Waals surface area contributed by atoms with Crippen LogP contribution in [0.1, 0.15) is 44.9 Å². The van der Waals surface area contributed by atoms with Crippen molar-refractivity contribution in [3.05, 3.63) is 12.7 Å². The van der Waals surface area contributed by atoms with Crippen LogP contribution in [0.3, 0.4) is 0 Å². The summed E-state index contributed by atoms with van der Waals surface area (Å²) in [7, 11) is 0. The van der Waals surface area contributed by atoms with Gasteiger partial charge < -0.3 is 4.90 Å². The molecule has 0 aromatic rings. The number of amides is 1. The Hall–Kier alpha value is -0.790. The van der Waals surface area contributed by atoms with Gasteiger partial charge in [0.05, 0.1) is 0 Å². The van der Waals surface area contributed by atoms with Gasteiger partial charge in [0.15, 0.2) is 0 Å². The van der Waals surface area contributed by atoms with Crippen LogP contribution >= 0.6 is 0 Å². The van der Waals surface area contributed by atoms with E-state index in [0.717, 1.165) is 19.4 Å². The van der Waals surface area contributed by atoms with Gasteiger partial charge in [-0.1, -0.05) is 12.5 Å². The maximum absolute atomic E-state index is 11.9. The lowest BCUT2D eigenvalue weighted by atomic mass is 9.72. The summed E-state index contributed by atoms with van der Waals surface area (Å²) < 4.78 is 0. The minimum atomic E-state index is 0.238. The fraction of sp³-hybridized carbons (Fsp3) is 0.750. The van der Waals surface area contributed by atoms with Crippen molar-refractivity contribution in [2.45, 2.75) is 50.5 Å². The summed E-state index contributed by atoms with van der Waals surface area (Å²) in [5, 5.41) is 0. The van der Waals surface area contributed by atoms with Crippen molar-refractivity contribution in [2.75, 3.05) is 6.54 Å². The van der Waals surface area contributed by atoms with Gasteiger partial charge in [0.2, 0.25) is 5.91 Å². The van der Waals surface area contributed by atoms with Crippen LogP contribution in [0.25, 0.3) is 0 Å². The van der Waals surface area contributed by atoms with E-state index < -0.39 is 0 Å². The quantitative estimate of drug-likeness (QED) is 0.617. The molecule has 2 heteroatoms. The van der Waals surface area contributed by atoms with Crippen LogP contribution in [-0.2, 0) is 4.79 Å². The Morgan fingerprint density at radius 3 is 2.57 bits per heavy atom. The molecule has 1 saturated carbocycles. The molecule has 78 valence electrons. The molecule has 0 unspecified atom stereocenters. The van der Waals surface area contributed by atoms with Gasteiger partial charge in [0.1, 0.15) is 0 Å². The fourth-order valence-corrected chi connectivity index (χ4v) is 2.79. The number of nitrogens with zero attached hydrogens (tertiary/aromatic N) is 1. The lowest BCUT2D eigenvalue weighted by molar-refractivity contribution is -0.139. The summed E-state index contributed by atoms with van der Waals surface area (Å²) in [6.07, 6.45) is 9.85. The summed E-state index contributed by atoms with van der Waals surface area (Å²) in [5.41, 5.74) is 0.238. The number of rotatable bonds is 2. The molecule has 1 spiro atoms. The highest BCUT2D eigenvalue weighted by Gasteiger charge is 2.44. The van der Waals surface area contributed by atoms with E-state index >= 15 is 0 Å². The van der Waals surface area contributed by atoms with E-state index in [9.17, 15) is 4.79 Å². The SMILES string of the molecule is C=CCN1C(=O)CCCCC12CCC2. The van der Waals surface area contributed by atoms with Crippen molar-refractivity contribution in [3.63, 3.8) is 0 Å². The molecular formula is C12H19NO. The zero-order valence-corrected chi connectivity index (χ0v) is 8.80. The van der Waals surface area contributed by atoms with E-state index in [2.05, 4.69) is 11.5 Å². The summed E-state index contributed by atoms with van der Waals surface area (Å²) in [6.45, 7) is 4.50. The van der Waals surface area contributed by atoms with Crippen molar-refractivity contribution in [3.8, 4) is 0 Å². The van der Waals surface area contributed by atoms with E-state index in [1.54, 1.807) is 0 Å². The predicted molar refractivity (Wildman–Crippen MR) is 57.0 cm³/mol. The van der Waals surface area contributed by atoms with Gasteiger partial charge in [-0.25, -0.2) is 0 Å². The first-order valence-corrected chi connectivity index (χ1v) is 5.70. The predicted octanol–water partition coefficient (Wildman–Crippen LogP) is 2.50. The van der Waals surface area contributed by atoms with E-state index in [1.807, 2.05) is 6.08 Å². The second-order valence-electron chi connectivity index (χ2n) is 4.58. The molecule has 2 aliphatic rings. The number of hydrogen-bond acceptors (Lipinski definition) is 1. The van der Waals surface area contributed by atoms with E-state index in [4.69, 9.17) is 0 Å². The third kappa shape index (κ3) is 1.47. The average Bonchev–Trinajstić information content (AvgIpc) is 2.27. The van der Waals surface area contributed by atoms with Gasteiger partial charge in [0, 0.05) is 18.5 Å². The van der Waals surface area contributed by atoms with Gasteiger partial charge in [-0.3, -0.25) is 4.79 Å². The normalized spacial score (nSPS) is 25.7. The maximum Gasteiger partial charge on any atom is 0.223 e. The maximum atomic E-state index is 11.9. The number of likely N-dealkylation sites (tertiary alicyclic amines) is 1. The highest BCUT2D eigenvalue weighted by Crippen LogP contribution is 2.43. The van der Waals surface area contributed by atoms with E-state index in [1.165, 1.54) is 32.1 Å². The van der Waals surface area contributed by atoms with Gasteiger partial charge in [-0.05, 0) is 32.1 Å². The highest BCUT2D eigenvalue weighted by atomic mass is 16.2. The Morgan fingerprint density at radius 2 is 2.00 bits per heavy atom. The first kappa shape index (κ1) is 9.75. The molecule has 0 aromatic carbocycles. The first-order chi connectivity index (χ1) is 6.78. The van der Waals surface area contributed by atoms with Gasteiger partial charge in [-0.2, -0.15) is 0 Å². The molecule has 0 aromatic heterocycles. The third-order valence-electron chi connectivity index (χ3n) is 3.75. The highest BCUT2D eigenvalue weighted by molar-refractivity contribution is 5.77. The van der Waals surface area contributed by atoms with E-state index in [-0.39, 0.29) is 5.54 Å². The molecule has 2 nitrogen and oxygen atoms in total. The molecule has 0 radical (unpaired) electrons.